The van der Waals surface area contributed by atoms with Crippen LogP contribution in [0.1, 0.15) is 110 Å². The van der Waals surface area contributed by atoms with Crippen LogP contribution < -0.4 is 6.15 Å². The average molecular weight is 836 g/mol. The molecule has 19 heteroatoms. The van der Waals surface area contributed by atoms with Gasteiger partial charge < -0.3 is 50.7 Å². The van der Waals surface area contributed by atoms with Crippen LogP contribution in [0.25, 0.3) is 0 Å². The van der Waals surface area contributed by atoms with Crippen molar-refractivity contribution in [3.63, 3.8) is 0 Å². The molecule has 0 radical (unpaired) electrons. The van der Waals surface area contributed by atoms with E-state index in [1.165, 1.54) is 44.9 Å². The van der Waals surface area contributed by atoms with E-state index in [2.05, 4.69) is 58.8 Å². The van der Waals surface area contributed by atoms with Gasteiger partial charge in [-0.15, -0.1) is 6.42 Å². The van der Waals surface area contributed by atoms with Crippen molar-refractivity contribution in [3.05, 3.63) is 0 Å². The molecule has 1 aliphatic carbocycles. The van der Waals surface area contributed by atoms with Crippen molar-refractivity contribution in [2.75, 3.05) is 13.2 Å². The third-order valence-electron chi connectivity index (χ3n) is 7.78. The van der Waals surface area contributed by atoms with E-state index in [1.807, 2.05) is 5.92 Å². The highest BCUT2D eigenvalue weighted by Crippen LogP contribution is 2.48. The predicted octanol–water partition coefficient (Wildman–Crippen LogP) is 4.38. The second kappa shape index (κ2) is 29.1. The molecule has 0 amide bonds. The summed E-state index contributed by atoms with van der Waals surface area (Å²) in [6.45, 7) is 0.557. The minimum atomic E-state index is -5.33. The minimum absolute atomic E-state index is 0. The zero-order valence-electron chi connectivity index (χ0n) is 30.8. The summed E-state index contributed by atoms with van der Waals surface area (Å²) in [7, 11) is -10.7. The average Bonchev–Trinajstić information content (AvgIpc) is 3.11. The van der Waals surface area contributed by atoms with Gasteiger partial charge in [0, 0.05) is 25.2 Å². The van der Waals surface area contributed by atoms with Crippen molar-refractivity contribution in [1.82, 2.24) is 6.15 Å². The lowest BCUT2D eigenvalue weighted by Crippen LogP contribution is -2.64. The maximum Gasteiger partial charge on any atom is 0.472 e. The maximum atomic E-state index is 12.8. The summed E-state index contributed by atoms with van der Waals surface area (Å²) in [6.07, 6.45) is 3.99. The first kappa shape index (κ1) is 51.8. The van der Waals surface area contributed by atoms with Gasteiger partial charge in [0.25, 0.3) is 0 Å². The number of esters is 2. The predicted molar refractivity (Wildman–Crippen MR) is 217 cm³/mol. The molecule has 17 nitrogen and oxygen atoms in total. The highest BCUT2D eigenvalue weighted by molar-refractivity contribution is 7.47. The Bertz CT molecular complexity index is 1590. The summed E-state index contributed by atoms with van der Waals surface area (Å²) in [5.41, 5.74) is 0. The molecule has 8 atom stereocenters. The van der Waals surface area contributed by atoms with E-state index in [1.54, 1.807) is 0 Å². The van der Waals surface area contributed by atoms with Gasteiger partial charge in [0.1, 0.15) is 43.2 Å². The van der Waals surface area contributed by atoms with Crippen molar-refractivity contribution in [2.24, 2.45) is 0 Å². The van der Waals surface area contributed by atoms with E-state index in [4.69, 9.17) is 34.7 Å². The molecule has 0 aromatic carbocycles. The molecule has 1 aliphatic rings. The third-order valence-corrected chi connectivity index (χ3v) is 9.28. The molecule has 55 heavy (non-hydrogen) atoms. The van der Waals surface area contributed by atoms with Gasteiger partial charge in [0.05, 0.1) is 6.61 Å². The third kappa shape index (κ3) is 24.1. The zero-order chi connectivity index (χ0) is 40.4. The number of rotatable bonds is 24. The number of phosphoric acid groups is 2. The molecule has 0 bridgehead atoms. The summed E-state index contributed by atoms with van der Waals surface area (Å²) < 4.78 is 48.1. The van der Waals surface area contributed by atoms with Crippen LogP contribution in [0.2, 0.25) is 0 Å². The summed E-state index contributed by atoms with van der Waals surface area (Å²) >= 11 is 0. The van der Waals surface area contributed by atoms with E-state index in [9.17, 15) is 44.0 Å². The van der Waals surface area contributed by atoms with E-state index in [-0.39, 0.29) is 25.4 Å². The Balaban J connectivity index is -0.000000364. The van der Waals surface area contributed by atoms with Crippen LogP contribution in [0.3, 0.4) is 0 Å². The number of unbranched alkanes of at least 4 members (excludes halogenated alkanes) is 12. The van der Waals surface area contributed by atoms with Crippen molar-refractivity contribution in [3.8, 4) is 59.7 Å². The van der Waals surface area contributed by atoms with Crippen LogP contribution >= 0.6 is 15.6 Å². The number of aliphatic hydroxyl groups is 4. The van der Waals surface area contributed by atoms with E-state index in [0.29, 0.717) is 6.42 Å². The first-order valence-corrected chi connectivity index (χ1v) is 20.6. The Morgan fingerprint density at radius 2 is 1.11 bits per heavy atom. The van der Waals surface area contributed by atoms with Gasteiger partial charge in [-0.3, -0.25) is 18.4 Å². The number of hydrogen-bond donors (Lipinski definition) is 8. The van der Waals surface area contributed by atoms with Crippen LogP contribution in [0.4, 0.5) is 0 Å². The van der Waals surface area contributed by atoms with Crippen LogP contribution in [0, 0.1) is 59.7 Å². The van der Waals surface area contributed by atoms with Crippen molar-refractivity contribution in [2.45, 2.75) is 140 Å². The lowest BCUT2D eigenvalue weighted by molar-refractivity contribution is -0.216. The standard InChI is InChI=1S/C36H50O16P2.H3N.9H2/c1-3-5-7-9-11-13-14-15-16-17-19-21-23-25-30(38)50-28(26-48-29(37)24-22-20-18-12-10-8-6-4-2)27-49-54(46,47)52-36-33(41)31(39)35(32(40)34(36)42)51-53(43,44)45;;;;;;;;;;/h2,28,31-36,39-42H,3,5,7,9,11,13-17,19,21,23,25-27H2,1H3,(H,46,47)(H2,43,44,45);1H3;9*1H/t28-,31-,32+,33?,34-,35?,36?;;;;;;;;;;/m1........../s1. The summed E-state index contributed by atoms with van der Waals surface area (Å²) in [5, 5.41) is 41.1. The van der Waals surface area contributed by atoms with Gasteiger partial charge in [0.15, 0.2) is 6.10 Å². The molecule has 0 heterocycles. The fraction of sp³-hybridized carbons (Fsp3) is 0.667. The Morgan fingerprint density at radius 1 is 0.673 bits per heavy atom. The number of carbonyl (C=O) groups excluding carboxylic acids is 2. The number of aliphatic hydroxyl groups excluding tert-OH is 4. The molecule has 1 rings (SSSR count). The molecule has 1 saturated carbocycles. The number of hydrogen-bond acceptors (Lipinski definition) is 14. The summed E-state index contributed by atoms with van der Waals surface area (Å²) in [6, 6.07) is 0. The molecule has 1 fully saturated rings. The molecular weight excluding hydrogens is 764 g/mol. The molecule has 0 aromatic heterocycles. The second-order valence-electron chi connectivity index (χ2n) is 12.2. The van der Waals surface area contributed by atoms with E-state index in [0.717, 1.165) is 32.1 Å². The fourth-order valence-electron chi connectivity index (χ4n) is 5.08. The van der Waals surface area contributed by atoms with Crippen LogP contribution in [0.15, 0.2) is 0 Å². The zero-order valence-corrected chi connectivity index (χ0v) is 32.6. The Hall–Kier alpha value is -3.24. The smallest absolute Gasteiger partial charge is 0.456 e. The lowest BCUT2D eigenvalue weighted by atomic mass is 9.85. The lowest BCUT2D eigenvalue weighted by Gasteiger charge is -2.43. The largest absolute Gasteiger partial charge is 0.472 e. The van der Waals surface area contributed by atoms with Crippen molar-refractivity contribution in [1.29, 1.82) is 0 Å². The second-order valence-corrected chi connectivity index (χ2v) is 14.8. The number of phosphoric ester groups is 2. The fourth-order valence-corrected chi connectivity index (χ4v) is 6.62. The molecule has 4 unspecified atom stereocenters. The minimum Gasteiger partial charge on any atom is -0.456 e. The molecule has 0 saturated heterocycles. The molecule has 0 spiro atoms. The highest BCUT2D eigenvalue weighted by atomic mass is 31.2. The van der Waals surface area contributed by atoms with Gasteiger partial charge in [-0.25, -0.2) is 13.9 Å². The maximum absolute atomic E-state index is 12.8. The van der Waals surface area contributed by atoms with Gasteiger partial charge in [0.2, 0.25) is 0 Å². The molecular formula is C36H71NO16P2. The van der Waals surface area contributed by atoms with Gasteiger partial charge in [-0.1, -0.05) is 84.0 Å². The van der Waals surface area contributed by atoms with Crippen LogP contribution in [-0.4, -0.2) is 103 Å². The summed E-state index contributed by atoms with van der Waals surface area (Å²) in [4.78, 5) is 53.0. The highest BCUT2D eigenvalue weighted by Gasteiger charge is 2.54. The van der Waals surface area contributed by atoms with Crippen molar-refractivity contribution >= 4 is 27.6 Å². The Kier molecular flexibility index (Phi) is 27.4. The normalized spacial score (nSPS) is 21.7. The van der Waals surface area contributed by atoms with Crippen LogP contribution in [0.5, 0.6) is 0 Å². The van der Waals surface area contributed by atoms with Crippen molar-refractivity contribution < 1.29 is 89.7 Å². The molecule has 326 valence electrons. The van der Waals surface area contributed by atoms with E-state index >= 15 is 0 Å². The number of terminal acetylenes is 1. The van der Waals surface area contributed by atoms with E-state index < -0.39 is 83.5 Å². The quantitative estimate of drug-likeness (QED) is 0.0220. The molecule has 0 aliphatic heterocycles. The Morgan fingerprint density at radius 3 is 1.58 bits per heavy atom. The van der Waals surface area contributed by atoms with Crippen LogP contribution in [-0.2, 0) is 41.8 Å². The summed E-state index contributed by atoms with van der Waals surface area (Å²) in [5.74, 6) is 18.2. The molecule has 10 N–H and O–H groups in total. The van der Waals surface area contributed by atoms with Gasteiger partial charge in [-0.05, 0) is 53.8 Å². The monoisotopic (exact) mass is 835 g/mol. The Labute approximate surface area is 336 Å². The topological polar surface area (TPSA) is 291 Å². The first-order chi connectivity index (χ1) is 25.6. The van der Waals surface area contributed by atoms with Gasteiger partial charge >= 0.3 is 27.6 Å². The first-order valence-electron chi connectivity index (χ1n) is 17.6. The SMILES string of the molecule is C#CC#CC#CC#CC#CC(=O)OC[C@H](COP(=O)(O)OC1C(O)[C@@H](O)C(OP(=O)(O)O)[C@@H](O)[C@H]1O)OC(=O)CCCCCCCCCCCCCCC.N.[HH].[HH].[HH].[HH].[HH].[HH].[HH].[HH].[HH]. The molecule has 0 aromatic rings. The number of carbonyl (C=O) groups is 2. The number of ether oxygens (including phenoxy) is 2. The van der Waals surface area contributed by atoms with Gasteiger partial charge in [-0.2, -0.15) is 0 Å².